The monoisotopic (exact) mass is 400 g/mol. The zero-order valence-corrected chi connectivity index (χ0v) is 18.3. The van der Waals surface area contributed by atoms with E-state index in [0.717, 1.165) is 30.4 Å². The molecule has 0 saturated heterocycles. The first-order valence-corrected chi connectivity index (χ1v) is 12.0. The van der Waals surface area contributed by atoms with E-state index in [-0.39, 0.29) is 11.2 Å². The Kier molecular flexibility index (Phi) is 7.07. The molecule has 26 heavy (non-hydrogen) atoms. The standard InChI is InChI=1S/C18H32N4O2S2/c1-18(2,10-11-26(5,23)24)13-20-17(19-3)22(4)12-16-21-14-8-6-7-9-15(14)25-16/h6-13H2,1-5H3,(H,19,20). The molecule has 0 aliphatic heterocycles. The Morgan fingerprint density at radius 3 is 2.65 bits per heavy atom. The van der Waals surface area contributed by atoms with Gasteiger partial charge >= 0.3 is 0 Å². The predicted molar refractivity (Wildman–Crippen MR) is 110 cm³/mol. The van der Waals surface area contributed by atoms with Crippen LogP contribution >= 0.6 is 11.3 Å². The van der Waals surface area contributed by atoms with Gasteiger partial charge in [-0.1, -0.05) is 13.8 Å². The van der Waals surface area contributed by atoms with E-state index in [0.29, 0.717) is 13.0 Å². The predicted octanol–water partition coefficient (Wildman–Crippen LogP) is 2.49. The van der Waals surface area contributed by atoms with Crippen LogP contribution < -0.4 is 5.32 Å². The molecular formula is C18H32N4O2S2. The Bertz CT molecular complexity index is 715. The molecule has 148 valence electrons. The second-order valence-electron chi connectivity index (χ2n) is 7.99. The fraction of sp³-hybridized carbons (Fsp3) is 0.778. The maximum atomic E-state index is 11.4. The van der Waals surface area contributed by atoms with Gasteiger partial charge in [0.25, 0.3) is 0 Å². The van der Waals surface area contributed by atoms with Crippen molar-refractivity contribution in [2.75, 3.05) is 32.6 Å². The van der Waals surface area contributed by atoms with Gasteiger partial charge in [0, 0.05) is 31.8 Å². The summed E-state index contributed by atoms with van der Waals surface area (Å²) in [5, 5.41) is 4.52. The van der Waals surface area contributed by atoms with Gasteiger partial charge in [0.15, 0.2) is 5.96 Å². The Morgan fingerprint density at radius 2 is 2.04 bits per heavy atom. The van der Waals surface area contributed by atoms with Gasteiger partial charge < -0.3 is 10.2 Å². The van der Waals surface area contributed by atoms with E-state index in [4.69, 9.17) is 4.98 Å². The SMILES string of the molecule is CN=C(NCC(C)(C)CCS(C)(=O)=O)N(C)Cc1nc2c(s1)CCCC2. The maximum Gasteiger partial charge on any atom is 0.193 e. The van der Waals surface area contributed by atoms with Crippen molar-refractivity contribution in [3.05, 3.63) is 15.6 Å². The number of thiazole rings is 1. The van der Waals surface area contributed by atoms with Crippen molar-refractivity contribution in [1.82, 2.24) is 15.2 Å². The van der Waals surface area contributed by atoms with Crippen molar-refractivity contribution in [3.63, 3.8) is 0 Å². The molecule has 1 heterocycles. The lowest BCUT2D eigenvalue weighted by atomic mass is 9.90. The molecule has 1 N–H and O–H groups in total. The number of rotatable bonds is 7. The molecule has 0 atom stereocenters. The molecule has 2 rings (SSSR count). The summed E-state index contributed by atoms with van der Waals surface area (Å²) in [4.78, 5) is 12.7. The molecule has 0 bridgehead atoms. The highest BCUT2D eigenvalue weighted by Crippen LogP contribution is 2.27. The van der Waals surface area contributed by atoms with E-state index in [1.807, 2.05) is 18.4 Å². The number of hydrogen-bond acceptors (Lipinski definition) is 5. The van der Waals surface area contributed by atoms with E-state index in [1.54, 1.807) is 7.05 Å². The first-order chi connectivity index (χ1) is 12.1. The lowest BCUT2D eigenvalue weighted by Crippen LogP contribution is -2.43. The summed E-state index contributed by atoms with van der Waals surface area (Å²) >= 11 is 1.82. The van der Waals surface area contributed by atoms with Crippen LogP contribution in [0.5, 0.6) is 0 Å². The van der Waals surface area contributed by atoms with Crippen molar-refractivity contribution < 1.29 is 8.42 Å². The summed E-state index contributed by atoms with van der Waals surface area (Å²) in [5.74, 6) is 1.02. The summed E-state index contributed by atoms with van der Waals surface area (Å²) in [7, 11) is 0.851. The minimum absolute atomic E-state index is 0.125. The molecule has 1 aliphatic rings. The molecule has 1 aromatic heterocycles. The van der Waals surface area contributed by atoms with Crippen LogP contribution in [0.25, 0.3) is 0 Å². The van der Waals surface area contributed by atoms with Gasteiger partial charge in [-0.15, -0.1) is 11.3 Å². The number of aromatic nitrogens is 1. The number of aryl methyl sites for hydroxylation is 2. The Labute approximate surface area is 162 Å². The topological polar surface area (TPSA) is 74.7 Å². The van der Waals surface area contributed by atoms with E-state index >= 15 is 0 Å². The average molecular weight is 401 g/mol. The minimum Gasteiger partial charge on any atom is -0.356 e. The molecule has 0 aromatic carbocycles. The molecule has 8 heteroatoms. The number of aliphatic imine (C=N–C) groups is 1. The van der Waals surface area contributed by atoms with Crippen molar-refractivity contribution in [1.29, 1.82) is 0 Å². The zero-order valence-electron chi connectivity index (χ0n) is 16.6. The molecule has 0 radical (unpaired) electrons. The van der Waals surface area contributed by atoms with Gasteiger partial charge in [0.1, 0.15) is 14.8 Å². The zero-order chi connectivity index (χ0) is 19.4. The third kappa shape index (κ3) is 6.54. The summed E-state index contributed by atoms with van der Waals surface area (Å²) in [6.07, 6.45) is 6.71. The van der Waals surface area contributed by atoms with Gasteiger partial charge in [-0.3, -0.25) is 4.99 Å². The molecule has 1 aromatic rings. The first kappa shape index (κ1) is 21.2. The smallest absolute Gasteiger partial charge is 0.193 e. The molecule has 0 amide bonds. The number of nitrogens with zero attached hydrogens (tertiary/aromatic N) is 3. The van der Waals surface area contributed by atoms with Crippen molar-refractivity contribution in [2.24, 2.45) is 10.4 Å². The maximum absolute atomic E-state index is 11.4. The molecule has 0 spiro atoms. The molecule has 1 aliphatic carbocycles. The largest absolute Gasteiger partial charge is 0.356 e. The van der Waals surface area contributed by atoms with Crippen LogP contribution in [0.1, 0.15) is 48.7 Å². The van der Waals surface area contributed by atoms with Crippen molar-refractivity contribution >= 4 is 27.1 Å². The van der Waals surface area contributed by atoms with E-state index in [2.05, 4.69) is 29.1 Å². The highest BCUT2D eigenvalue weighted by molar-refractivity contribution is 7.90. The third-order valence-electron chi connectivity index (χ3n) is 4.71. The molecule has 0 unspecified atom stereocenters. The van der Waals surface area contributed by atoms with Crippen LogP contribution in [0.15, 0.2) is 4.99 Å². The van der Waals surface area contributed by atoms with Crippen molar-refractivity contribution in [3.8, 4) is 0 Å². The number of fused-ring (bicyclic) bond motifs is 1. The van der Waals surface area contributed by atoms with Gasteiger partial charge in [-0.05, 0) is 37.5 Å². The summed E-state index contributed by atoms with van der Waals surface area (Å²) < 4.78 is 22.8. The fourth-order valence-corrected chi connectivity index (χ4v) is 5.14. The molecular weight excluding hydrogens is 368 g/mol. The van der Waals surface area contributed by atoms with Crippen LogP contribution in [0.2, 0.25) is 0 Å². The number of sulfone groups is 1. The lowest BCUT2D eigenvalue weighted by molar-refractivity contribution is 0.340. The van der Waals surface area contributed by atoms with Gasteiger partial charge in [-0.25, -0.2) is 13.4 Å². The van der Waals surface area contributed by atoms with E-state index in [9.17, 15) is 8.42 Å². The lowest BCUT2D eigenvalue weighted by Gasteiger charge is -2.28. The second-order valence-corrected chi connectivity index (χ2v) is 11.4. The molecule has 6 nitrogen and oxygen atoms in total. The third-order valence-corrected chi connectivity index (χ3v) is 6.80. The highest BCUT2D eigenvalue weighted by Gasteiger charge is 2.22. The minimum atomic E-state index is -2.94. The average Bonchev–Trinajstić information content (AvgIpc) is 2.95. The fourth-order valence-electron chi connectivity index (χ4n) is 3.00. The summed E-state index contributed by atoms with van der Waals surface area (Å²) in [6, 6.07) is 0. The normalized spacial score (nSPS) is 15.7. The number of guanidine groups is 1. The molecule has 0 saturated carbocycles. The van der Waals surface area contributed by atoms with Gasteiger partial charge in [-0.2, -0.15) is 0 Å². The Hall–Kier alpha value is -1.15. The van der Waals surface area contributed by atoms with Gasteiger partial charge in [0.2, 0.25) is 0 Å². The first-order valence-electron chi connectivity index (χ1n) is 9.16. The Balaban J connectivity index is 1.90. The number of hydrogen-bond donors (Lipinski definition) is 1. The van der Waals surface area contributed by atoms with E-state index in [1.165, 1.54) is 29.7 Å². The van der Waals surface area contributed by atoms with Gasteiger partial charge in [0.05, 0.1) is 18.0 Å². The van der Waals surface area contributed by atoms with Crippen LogP contribution in [0.4, 0.5) is 0 Å². The quantitative estimate of drug-likeness (QED) is 0.562. The second kappa shape index (κ2) is 8.69. The van der Waals surface area contributed by atoms with Crippen LogP contribution in [-0.2, 0) is 29.2 Å². The van der Waals surface area contributed by atoms with E-state index < -0.39 is 9.84 Å². The van der Waals surface area contributed by atoms with Crippen LogP contribution in [0.3, 0.4) is 0 Å². The number of nitrogens with one attached hydrogen (secondary N) is 1. The summed E-state index contributed by atoms with van der Waals surface area (Å²) in [6.45, 7) is 5.57. The Morgan fingerprint density at radius 1 is 1.35 bits per heavy atom. The van der Waals surface area contributed by atoms with Crippen molar-refractivity contribution in [2.45, 2.75) is 52.5 Å². The molecule has 0 fully saturated rings. The van der Waals surface area contributed by atoms with Crippen LogP contribution in [-0.4, -0.2) is 56.9 Å². The van der Waals surface area contributed by atoms with Crippen LogP contribution in [0, 0.1) is 5.41 Å². The highest BCUT2D eigenvalue weighted by atomic mass is 32.2. The summed E-state index contributed by atoms with van der Waals surface area (Å²) in [5.41, 5.74) is 1.16.